The Labute approximate surface area is 187 Å². The second-order valence-corrected chi connectivity index (χ2v) is 8.53. The van der Waals surface area contributed by atoms with Crippen LogP contribution in [0.4, 0.5) is 10.5 Å². The summed E-state index contributed by atoms with van der Waals surface area (Å²) in [6.07, 6.45) is 4.28. The standard InChI is InChI=1S/C25H32N2O3.CH3/c1-5-25(15-6-7-16-26(3)18-25)21-9-8-10-23(17-21)30-24(29)27(4)22-13-11-20(12-14-22)19(2)28;/h8-14,17H,5-7,15-16,18H2,1-4H3;1H3/q;-1/p+1/t25-;/m1./s1. The Morgan fingerprint density at radius 3 is 2.48 bits per heavy atom. The van der Waals surface area contributed by atoms with Crippen molar-refractivity contribution in [1.82, 2.24) is 0 Å². The summed E-state index contributed by atoms with van der Waals surface area (Å²) >= 11 is 0. The van der Waals surface area contributed by atoms with Crippen molar-refractivity contribution in [3.63, 3.8) is 0 Å². The molecule has 1 amide bonds. The lowest BCUT2D eigenvalue weighted by atomic mass is 9.74. The maximum atomic E-state index is 12.7. The van der Waals surface area contributed by atoms with Crippen LogP contribution in [-0.4, -0.2) is 39.1 Å². The molecule has 31 heavy (non-hydrogen) atoms. The highest BCUT2D eigenvalue weighted by Gasteiger charge is 2.36. The lowest BCUT2D eigenvalue weighted by Gasteiger charge is -2.33. The molecular formula is C26H36N2O3. The minimum absolute atomic E-state index is 0. The number of amides is 1. The Morgan fingerprint density at radius 1 is 1.13 bits per heavy atom. The molecule has 2 aromatic rings. The molecule has 1 heterocycles. The zero-order chi connectivity index (χ0) is 21.7. The Kier molecular flexibility index (Phi) is 8.40. The number of Topliss-reactive ketones (excluding diaryl/α,β-unsaturated/α-hetero) is 1. The molecule has 168 valence electrons. The van der Waals surface area contributed by atoms with Gasteiger partial charge in [0.2, 0.25) is 0 Å². The number of nitrogens with zero attached hydrogens (tertiary/aromatic N) is 1. The van der Waals surface area contributed by atoms with E-state index in [0.717, 1.165) is 13.0 Å². The second kappa shape index (κ2) is 10.6. The molecule has 0 bridgehead atoms. The average Bonchev–Trinajstić information content (AvgIpc) is 2.95. The molecule has 0 spiro atoms. The number of carbonyl (C=O) groups excluding carboxylic acids is 2. The van der Waals surface area contributed by atoms with E-state index in [4.69, 9.17) is 4.74 Å². The first-order chi connectivity index (χ1) is 14.3. The molecular weight excluding hydrogens is 388 g/mol. The van der Waals surface area contributed by atoms with Gasteiger partial charge in [-0.25, -0.2) is 4.79 Å². The van der Waals surface area contributed by atoms with Crippen molar-refractivity contribution in [2.75, 3.05) is 32.1 Å². The number of hydrogen-bond donors (Lipinski definition) is 1. The van der Waals surface area contributed by atoms with Gasteiger partial charge in [0.1, 0.15) is 5.75 Å². The maximum absolute atomic E-state index is 12.7. The highest BCUT2D eigenvalue weighted by atomic mass is 16.6. The second-order valence-electron chi connectivity index (χ2n) is 8.53. The van der Waals surface area contributed by atoms with Crippen LogP contribution < -0.4 is 14.5 Å². The van der Waals surface area contributed by atoms with Crippen LogP contribution in [0.3, 0.4) is 0 Å². The third-order valence-electron chi connectivity index (χ3n) is 6.41. The molecule has 3 rings (SSSR count). The predicted molar refractivity (Wildman–Crippen MR) is 126 cm³/mol. The average molecular weight is 425 g/mol. The fourth-order valence-electron chi connectivity index (χ4n) is 4.48. The predicted octanol–water partition coefficient (Wildman–Crippen LogP) is 4.32. The summed E-state index contributed by atoms with van der Waals surface area (Å²) in [5.74, 6) is 0.568. The van der Waals surface area contributed by atoms with E-state index >= 15 is 0 Å². The van der Waals surface area contributed by atoms with Crippen LogP contribution in [0.1, 0.15) is 55.5 Å². The number of quaternary nitrogens is 1. The van der Waals surface area contributed by atoms with Crippen molar-refractivity contribution in [2.45, 2.75) is 44.9 Å². The largest absolute Gasteiger partial charge is 0.419 e. The van der Waals surface area contributed by atoms with Crippen molar-refractivity contribution in [1.29, 1.82) is 0 Å². The summed E-state index contributed by atoms with van der Waals surface area (Å²) < 4.78 is 5.70. The van der Waals surface area contributed by atoms with Gasteiger partial charge < -0.3 is 17.1 Å². The lowest BCUT2D eigenvalue weighted by Crippen LogP contribution is -3.10. The van der Waals surface area contributed by atoms with Crippen LogP contribution in [0.15, 0.2) is 48.5 Å². The first-order valence-electron chi connectivity index (χ1n) is 10.8. The Hall–Kier alpha value is -2.66. The zero-order valence-electron chi connectivity index (χ0n) is 19.5. The van der Waals surface area contributed by atoms with Gasteiger partial charge in [0.05, 0.1) is 20.1 Å². The summed E-state index contributed by atoms with van der Waals surface area (Å²) in [6, 6.07) is 15.0. The third-order valence-corrected chi connectivity index (χ3v) is 6.41. The molecule has 0 saturated carbocycles. The number of benzene rings is 2. The van der Waals surface area contributed by atoms with Gasteiger partial charge in [0.15, 0.2) is 5.78 Å². The summed E-state index contributed by atoms with van der Waals surface area (Å²) in [4.78, 5) is 27.2. The smallest absolute Gasteiger partial charge is 0.410 e. The number of anilines is 1. The van der Waals surface area contributed by atoms with Gasteiger partial charge in [-0.2, -0.15) is 0 Å². The number of likely N-dealkylation sites (tertiary alicyclic amines) is 1. The van der Waals surface area contributed by atoms with Crippen LogP contribution >= 0.6 is 0 Å². The van der Waals surface area contributed by atoms with E-state index in [0.29, 0.717) is 17.0 Å². The first-order valence-corrected chi connectivity index (χ1v) is 10.8. The molecule has 1 N–H and O–H groups in total. The fraction of sp³-hybridized carbons (Fsp3) is 0.423. The van der Waals surface area contributed by atoms with Gasteiger partial charge in [-0.15, -0.1) is 0 Å². The highest BCUT2D eigenvalue weighted by Crippen LogP contribution is 2.35. The summed E-state index contributed by atoms with van der Waals surface area (Å²) in [7, 11) is 3.94. The van der Waals surface area contributed by atoms with Crippen LogP contribution in [0.5, 0.6) is 5.75 Å². The van der Waals surface area contributed by atoms with Gasteiger partial charge in [-0.1, -0.05) is 19.1 Å². The minimum Gasteiger partial charge on any atom is -0.410 e. The van der Waals surface area contributed by atoms with Crippen LogP contribution in [0, 0.1) is 7.43 Å². The van der Waals surface area contributed by atoms with Gasteiger partial charge >= 0.3 is 6.09 Å². The number of nitrogens with one attached hydrogen (secondary N) is 1. The van der Waals surface area contributed by atoms with E-state index < -0.39 is 6.09 Å². The number of ketones is 1. The van der Waals surface area contributed by atoms with E-state index in [-0.39, 0.29) is 18.6 Å². The number of ether oxygens (including phenoxy) is 1. The number of hydrogen-bond acceptors (Lipinski definition) is 3. The molecule has 0 radical (unpaired) electrons. The van der Waals surface area contributed by atoms with Gasteiger partial charge in [0, 0.05) is 23.7 Å². The molecule has 1 unspecified atom stereocenters. The third kappa shape index (κ3) is 5.73. The van der Waals surface area contributed by atoms with Gasteiger partial charge in [0.25, 0.3) is 0 Å². The van der Waals surface area contributed by atoms with E-state index in [1.54, 1.807) is 36.2 Å². The Morgan fingerprint density at radius 2 is 1.84 bits per heavy atom. The minimum atomic E-state index is -0.447. The lowest BCUT2D eigenvalue weighted by molar-refractivity contribution is -0.883. The SMILES string of the molecule is CC[C@@]1(c2cccc(OC(=O)N(C)c3ccc(C(C)=O)cc3)c2)CCCC[NH+](C)C1.[CH3-]. The van der Waals surface area contributed by atoms with Crippen LogP contribution in [0.2, 0.25) is 0 Å². The zero-order valence-corrected chi connectivity index (χ0v) is 19.5. The molecule has 5 nitrogen and oxygen atoms in total. The van der Waals surface area contributed by atoms with Gasteiger partial charge in [-0.05, 0) is 74.6 Å². The molecule has 1 aliphatic rings. The van der Waals surface area contributed by atoms with E-state index in [2.05, 4.69) is 20.0 Å². The molecule has 2 atom stereocenters. The van der Waals surface area contributed by atoms with E-state index in [1.807, 2.05) is 18.2 Å². The number of likely N-dealkylation sites (N-methyl/N-ethyl adjacent to an activating group) is 1. The Balaban J connectivity index is 0.00000341. The van der Waals surface area contributed by atoms with Crippen LogP contribution in [-0.2, 0) is 5.41 Å². The summed E-state index contributed by atoms with van der Waals surface area (Å²) in [5.41, 5.74) is 2.68. The summed E-state index contributed by atoms with van der Waals surface area (Å²) in [5, 5.41) is 0. The van der Waals surface area contributed by atoms with Crippen molar-refractivity contribution < 1.29 is 19.2 Å². The van der Waals surface area contributed by atoms with Crippen molar-refractivity contribution in [3.8, 4) is 5.75 Å². The molecule has 1 fully saturated rings. The van der Waals surface area contributed by atoms with Crippen LogP contribution in [0.25, 0.3) is 0 Å². The Bertz CT molecular complexity index is 894. The number of carbonyl (C=O) groups is 2. The monoisotopic (exact) mass is 424 g/mol. The molecule has 5 heteroatoms. The van der Waals surface area contributed by atoms with Crippen molar-refractivity contribution in [3.05, 3.63) is 67.1 Å². The molecule has 1 saturated heterocycles. The molecule has 0 aromatic heterocycles. The molecule has 1 aliphatic heterocycles. The highest BCUT2D eigenvalue weighted by molar-refractivity contribution is 5.95. The molecule has 2 aromatic carbocycles. The van der Waals surface area contributed by atoms with E-state index in [1.165, 1.54) is 43.2 Å². The maximum Gasteiger partial charge on any atom is 0.419 e. The fourth-order valence-corrected chi connectivity index (χ4v) is 4.48. The summed E-state index contributed by atoms with van der Waals surface area (Å²) in [6.45, 7) is 6.10. The quantitative estimate of drug-likeness (QED) is 0.574. The number of rotatable bonds is 5. The van der Waals surface area contributed by atoms with Gasteiger partial charge in [-0.3, -0.25) is 9.69 Å². The topological polar surface area (TPSA) is 51.0 Å². The first kappa shape index (κ1) is 24.6. The van der Waals surface area contributed by atoms with Crippen molar-refractivity contribution >= 4 is 17.6 Å². The van der Waals surface area contributed by atoms with Crippen molar-refractivity contribution in [2.24, 2.45) is 0 Å². The normalized spacial score (nSPS) is 20.8. The van der Waals surface area contributed by atoms with E-state index in [9.17, 15) is 9.59 Å². The molecule has 0 aliphatic carbocycles.